The van der Waals surface area contributed by atoms with Crippen LogP contribution < -0.4 is 0 Å². The van der Waals surface area contributed by atoms with Crippen LogP contribution in [0.2, 0.25) is 0 Å². The van der Waals surface area contributed by atoms with Crippen molar-refractivity contribution in [2.24, 2.45) is 0 Å². The zero-order valence-electron chi connectivity index (χ0n) is 11.6. The lowest BCUT2D eigenvalue weighted by atomic mass is 10.1. The van der Waals surface area contributed by atoms with E-state index in [0.717, 1.165) is 5.56 Å². The van der Waals surface area contributed by atoms with Gasteiger partial charge in [-0.25, -0.2) is 8.42 Å². The maximum atomic E-state index is 12.3. The number of hydrogen-bond donors (Lipinski definition) is 1. The maximum Gasteiger partial charge on any atom is 0.157 e. The van der Waals surface area contributed by atoms with Crippen LogP contribution in [0.1, 0.15) is 22.8 Å². The highest BCUT2D eigenvalue weighted by molar-refractivity contribution is 7.90. The molecule has 1 unspecified atom stereocenters. The molecule has 0 saturated carbocycles. The summed E-state index contributed by atoms with van der Waals surface area (Å²) in [6, 6.07) is 16.0. The molecule has 0 fully saturated rings. The third-order valence-corrected chi connectivity index (χ3v) is 4.82. The van der Waals surface area contributed by atoms with Gasteiger partial charge in [-0.05, 0) is 16.7 Å². The second-order valence-electron chi connectivity index (χ2n) is 4.88. The van der Waals surface area contributed by atoms with Crippen molar-refractivity contribution in [1.82, 2.24) is 0 Å². The lowest BCUT2D eigenvalue weighted by Crippen LogP contribution is -2.16. The average molecular weight is 302 g/mol. The minimum atomic E-state index is -3.41. The lowest BCUT2D eigenvalue weighted by Gasteiger charge is -2.12. The fourth-order valence-corrected chi connectivity index (χ4v) is 3.70. The first-order valence-corrected chi connectivity index (χ1v) is 8.48. The van der Waals surface area contributed by atoms with E-state index in [4.69, 9.17) is 0 Å². The van der Waals surface area contributed by atoms with Gasteiger partial charge in [-0.15, -0.1) is 0 Å². The van der Waals surface area contributed by atoms with E-state index < -0.39 is 15.9 Å². The first kappa shape index (κ1) is 15.5. The number of sulfone groups is 1. The van der Waals surface area contributed by atoms with E-state index in [2.05, 4.69) is 6.58 Å². The van der Waals surface area contributed by atoms with E-state index >= 15 is 0 Å². The van der Waals surface area contributed by atoms with Crippen LogP contribution in [0.4, 0.5) is 0 Å². The topological polar surface area (TPSA) is 54.4 Å². The Balaban J connectivity index is 2.14. The standard InChI is InChI=1S/C17H18O3S/c1-2-14-8-6-7-11-16(14)12-21(19,20)13-17(18)15-9-4-3-5-10-15/h2-11,17-18H,1,12-13H2. The molecule has 0 heterocycles. The van der Waals surface area contributed by atoms with Crippen LogP contribution in [0.5, 0.6) is 0 Å². The van der Waals surface area contributed by atoms with Crippen molar-refractivity contribution < 1.29 is 13.5 Å². The average Bonchev–Trinajstić information content (AvgIpc) is 2.47. The van der Waals surface area contributed by atoms with Gasteiger partial charge in [0.15, 0.2) is 9.84 Å². The van der Waals surface area contributed by atoms with Gasteiger partial charge in [0.2, 0.25) is 0 Å². The van der Waals surface area contributed by atoms with Gasteiger partial charge >= 0.3 is 0 Å². The van der Waals surface area contributed by atoms with E-state index in [1.165, 1.54) is 0 Å². The van der Waals surface area contributed by atoms with Crippen LogP contribution in [0.3, 0.4) is 0 Å². The Morgan fingerprint density at radius 3 is 2.33 bits per heavy atom. The van der Waals surface area contributed by atoms with Gasteiger partial charge < -0.3 is 5.11 Å². The van der Waals surface area contributed by atoms with Crippen LogP contribution in [-0.2, 0) is 15.6 Å². The Kier molecular flexibility index (Phi) is 4.94. The molecule has 2 aromatic rings. The zero-order chi connectivity index (χ0) is 15.3. The van der Waals surface area contributed by atoms with Crippen LogP contribution in [0.25, 0.3) is 6.08 Å². The second-order valence-corrected chi connectivity index (χ2v) is 6.99. The molecule has 0 radical (unpaired) electrons. The van der Waals surface area contributed by atoms with Crippen molar-refractivity contribution in [3.63, 3.8) is 0 Å². The predicted molar refractivity (Wildman–Crippen MR) is 85.4 cm³/mol. The van der Waals surface area contributed by atoms with Crippen molar-refractivity contribution in [2.75, 3.05) is 5.75 Å². The van der Waals surface area contributed by atoms with E-state index in [0.29, 0.717) is 11.1 Å². The molecule has 1 N–H and O–H groups in total. The molecule has 0 aromatic heterocycles. The molecule has 0 bridgehead atoms. The summed E-state index contributed by atoms with van der Waals surface area (Å²) in [5.74, 6) is -0.387. The van der Waals surface area contributed by atoms with Crippen LogP contribution >= 0.6 is 0 Å². The quantitative estimate of drug-likeness (QED) is 0.892. The molecule has 0 aliphatic carbocycles. The Morgan fingerprint density at radius 1 is 1.05 bits per heavy atom. The molecule has 1 atom stereocenters. The Bertz CT molecular complexity index is 706. The predicted octanol–water partition coefficient (Wildman–Crippen LogP) is 2.98. The third kappa shape index (κ3) is 4.28. The highest BCUT2D eigenvalue weighted by Crippen LogP contribution is 2.19. The molecule has 0 aliphatic heterocycles. The highest BCUT2D eigenvalue weighted by Gasteiger charge is 2.20. The van der Waals surface area contributed by atoms with E-state index in [1.54, 1.807) is 42.5 Å². The van der Waals surface area contributed by atoms with Gasteiger partial charge in [0.25, 0.3) is 0 Å². The van der Waals surface area contributed by atoms with Gasteiger partial charge in [-0.2, -0.15) is 0 Å². The molecular weight excluding hydrogens is 284 g/mol. The first-order chi connectivity index (χ1) is 10.0. The van der Waals surface area contributed by atoms with Gasteiger partial charge in [0.1, 0.15) is 0 Å². The summed E-state index contributed by atoms with van der Waals surface area (Å²) < 4.78 is 24.5. The molecule has 2 rings (SSSR count). The number of hydrogen-bond acceptors (Lipinski definition) is 3. The van der Waals surface area contributed by atoms with Crippen molar-refractivity contribution >= 4 is 15.9 Å². The van der Waals surface area contributed by atoms with Crippen molar-refractivity contribution in [2.45, 2.75) is 11.9 Å². The number of rotatable bonds is 6. The number of aliphatic hydroxyl groups is 1. The first-order valence-electron chi connectivity index (χ1n) is 6.65. The van der Waals surface area contributed by atoms with Crippen LogP contribution in [0, 0.1) is 0 Å². The summed E-state index contributed by atoms with van der Waals surface area (Å²) in [5, 5.41) is 10.1. The summed E-state index contributed by atoms with van der Waals surface area (Å²) in [6.45, 7) is 3.69. The smallest absolute Gasteiger partial charge is 0.157 e. The third-order valence-electron chi connectivity index (χ3n) is 3.25. The minimum absolute atomic E-state index is 0.0981. The fourth-order valence-electron chi connectivity index (χ4n) is 2.17. The van der Waals surface area contributed by atoms with Crippen molar-refractivity contribution in [3.05, 3.63) is 77.9 Å². The number of aliphatic hydroxyl groups excluding tert-OH is 1. The normalized spacial score (nSPS) is 12.8. The molecule has 0 saturated heterocycles. The minimum Gasteiger partial charge on any atom is -0.387 e. The molecule has 0 aliphatic rings. The van der Waals surface area contributed by atoms with E-state index in [1.807, 2.05) is 18.2 Å². The summed E-state index contributed by atoms with van der Waals surface area (Å²) in [5.41, 5.74) is 2.11. The molecule has 0 amide bonds. The van der Waals surface area contributed by atoms with Crippen LogP contribution in [0.15, 0.2) is 61.2 Å². The number of benzene rings is 2. The van der Waals surface area contributed by atoms with E-state index in [-0.39, 0.29) is 11.5 Å². The summed E-state index contributed by atoms with van der Waals surface area (Å²) >= 11 is 0. The molecular formula is C17H18O3S. The molecule has 0 spiro atoms. The monoisotopic (exact) mass is 302 g/mol. The molecule has 3 nitrogen and oxygen atoms in total. The van der Waals surface area contributed by atoms with Crippen molar-refractivity contribution in [3.8, 4) is 0 Å². The molecule has 4 heteroatoms. The largest absolute Gasteiger partial charge is 0.387 e. The SMILES string of the molecule is C=Cc1ccccc1CS(=O)(=O)CC(O)c1ccccc1. The summed E-state index contributed by atoms with van der Waals surface area (Å²) in [7, 11) is -3.41. The Hall–Kier alpha value is -1.91. The van der Waals surface area contributed by atoms with Gasteiger partial charge in [-0.3, -0.25) is 0 Å². The van der Waals surface area contributed by atoms with Crippen molar-refractivity contribution in [1.29, 1.82) is 0 Å². The zero-order valence-corrected chi connectivity index (χ0v) is 12.5. The summed E-state index contributed by atoms with van der Waals surface area (Å²) in [6.07, 6.45) is 0.630. The molecule has 2 aromatic carbocycles. The lowest BCUT2D eigenvalue weighted by molar-refractivity contribution is 0.201. The van der Waals surface area contributed by atoms with Gasteiger partial charge in [0.05, 0.1) is 17.6 Å². The second kappa shape index (κ2) is 6.70. The van der Waals surface area contributed by atoms with Crippen LogP contribution in [-0.4, -0.2) is 19.3 Å². The summed E-state index contributed by atoms with van der Waals surface area (Å²) in [4.78, 5) is 0. The molecule has 21 heavy (non-hydrogen) atoms. The molecule has 110 valence electrons. The van der Waals surface area contributed by atoms with Gasteiger partial charge in [0, 0.05) is 0 Å². The Labute approximate surface area is 125 Å². The Morgan fingerprint density at radius 2 is 1.67 bits per heavy atom. The fraction of sp³-hybridized carbons (Fsp3) is 0.176. The van der Waals surface area contributed by atoms with E-state index in [9.17, 15) is 13.5 Å². The highest BCUT2D eigenvalue weighted by atomic mass is 32.2. The van der Waals surface area contributed by atoms with Gasteiger partial charge in [-0.1, -0.05) is 67.3 Å². The maximum absolute atomic E-state index is 12.3.